The van der Waals surface area contributed by atoms with Crippen molar-refractivity contribution in [2.24, 2.45) is 0 Å². The lowest BCUT2D eigenvalue weighted by Crippen LogP contribution is -2.51. The lowest BCUT2D eigenvalue weighted by atomic mass is 10.1. The summed E-state index contributed by atoms with van der Waals surface area (Å²) in [6.07, 6.45) is 0.326. The number of hydrogen-bond donors (Lipinski definition) is 2. The van der Waals surface area contributed by atoms with Crippen molar-refractivity contribution in [1.82, 2.24) is 5.32 Å². The molecule has 0 bridgehead atoms. The summed E-state index contributed by atoms with van der Waals surface area (Å²) in [5.74, 6) is -1.01. The molecule has 1 aliphatic heterocycles. The van der Waals surface area contributed by atoms with Crippen LogP contribution in [0.4, 0.5) is 10.5 Å². The topological polar surface area (TPSA) is 78.9 Å². The van der Waals surface area contributed by atoms with Crippen molar-refractivity contribution in [3.8, 4) is 0 Å². The molecule has 6 nitrogen and oxygen atoms in total. The molecule has 0 fully saturated rings. The first-order valence-electron chi connectivity index (χ1n) is 6.78. The van der Waals surface area contributed by atoms with Crippen LogP contribution in [-0.4, -0.2) is 42.4 Å². The number of benzene rings is 1. The maximum absolute atomic E-state index is 12.4. The molecule has 0 spiro atoms. The van der Waals surface area contributed by atoms with Gasteiger partial charge in [-0.05, 0) is 25.5 Å². The van der Waals surface area contributed by atoms with E-state index in [9.17, 15) is 14.7 Å². The Morgan fingerprint density at radius 3 is 2.71 bits per heavy atom. The van der Waals surface area contributed by atoms with Gasteiger partial charge >= 0.3 is 12.0 Å². The number of nitrogens with zero attached hydrogens (tertiary/aromatic N) is 1. The summed E-state index contributed by atoms with van der Waals surface area (Å²) in [5, 5.41) is 12.1. The van der Waals surface area contributed by atoms with Crippen LogP contribution in [0, 0.1) is 0 Å². The minimum Gasteiger partial charge on any atom is -0.480 e. The fourth-order valence-corrected chi connectivity index (χ4v) is 2.28. The molecule has 0 aromatic heterocycles. The molecule has 0 saturated heterocycles. The van der Waals surface area contributed by atoms with Gasteiger partial charge in [-0.2, -0.15) is 0 Å². The van der Waals surface area contributed by atoms with E-state index in [1.54, 1.807) is 19.2 Å². The van der Waals surface area contributed by atoms with Gasteiger partial charge in [-0.3, -0.25) is 4.90 Å². The Hall–Kier alpha value is -2.08. The van der Waals surface area contributed by atoms with Gasteiger partial charge < -0.3 is 15.2 Å². The molecule has 1 aromatic rings. The lowest BCUT2D eigenvalue weighted by molar-refractivity contribution is -0.138. The van der Waals surface area contributed by atoms with Crippen LogP contribution in [0.3, 0.4) is 0 Å². The first kappa shape index (κ1) is 15.3. The van der Waals surface area contributed by atoms with Crippen molar-refractivity contribution in [2.45, 2.75) is 31.9 Å². The quantitative estimate of drug-likeness (QED) is 0.884. The number of amides is 2. The number of carboxylic acids is 1. The smallest absolute Gasteiger partial charge is 0.327 e. The van der Waals surface area contributed by atoms with Crippen molar-refractivity contribution in [3.05, 3.63) is 29.8 Å². The molecule has 1 heterocycles. The summed E-state index contributed by atoms with van der Waals surface area (Å²) >= 11 is 0. The third kappa shape index (κ3) is 3.16. The van der Waals surface area contributed by atoms with E-state index in [0.29, 0.717) is 18.7 Å². The number of ether oxygens (including phenoxy) is 1. The van der Waals surface area contributed by atoms with E-state index >= 15 is 0 Å². The van der Waals surface area contributed by atoms with Gasteiger partial charge in [0.15, 0.2) is 0 Å². The van der Waals surface area contributed by atoms with Crippen LogP contribution >= 0.6 is 0 Å². The number of carboxylic acid groups (broad SMARTS) is 1. The molecule has 0 aliphatic carbocycles. The number of carbonyl (C=O) groups excluding carboxylic acids is 1. The highest BCUT2D eigenvalue weighted by molar-refractivity contribution is 6.01. The predicted octanol–water partition coefficient (Wildman–Crippen LogP) is 1.64. The third-order valence-electron chi connectivity index (χ3n) is 3.70. The molecule has 0 saturated carbocycles. The maximum atomic E-state index is 12.4. The number of hydrogen-bond acceptors (Lipinski definition) is 3. The van der Waals surface area contributed by atoms with Crippen LogP contribution in [0.2, 0.25) is 0 Å². The van der Waals surface area contributed by atoms with Crippen LogP contribution in [0.5, 0.6) is 0 Å². The Morgan fingerprint density at radius 2 is 2.10 bits per heavy atom. The largest absolute Gasteiger partial charge is 0.480 e. The highest BCUT2D eigenvalue weighted by Crippen LogP contribution is 2.32. The molecule has 1 aromatic carbocycles. The van der Waals surface area contributed by atoms with Crippen LogP contribution < -0.4 is 10.2 Å². The van der Waals surface area contributed by atoms with Gasteiger partial charge in [0, 0.05) is 25.8 Å². The summed E-state index contributed by atoms with van der Waals surface area (Å²) in [6.45, 7) is 3.99. The van der Waals surface area contributed by atoms with Crippen molar-refractivity contribution in [2.75, 3.05) is 18.6 Å². The molecule has 0 radical (unpaired) electrons. The Morgan fingerprint density at radius 1 is 1.43 bits per heavy atom. The Kier molecular flexibility index (Phi) is 4.18. The van der Waals surface area contributed by atoms with Gasteiger partial charge in [0.25, 0.3) is 0 Å². The summed E-state index contributed by atoms with van der Waals surface area (Å²) in [4.78, 5) is 25.1. The minimum atomic E-state index is -1.01. The monoisotopic (exact) mass is 292 g/mol. The van der Waals surface area contributed by atoms with Crippen molar-refractivity contribution < 1.29 is 19.4 Å². The minimum absolute atomic E-state index is 0.299. The number of carbonyl (C=O) groups is 2. The highest BCUT2D eigenvalue weighted by Gasteiger charge is 2.38. The molecule has 1 atom stereocenters. The highest BCUT2D eigenvalue weighted by atomic mass is 16.5. The SMILES string of the molecule is COC(C)(C)CNC(=O)N1c2ccccc2C[C@H]1C(=O)O. The van der Waals surface area contributed by atoms with E-state index in [-0.39, 0.29) is 0 Å². The van der Waals surface area contributed by atoms with Gasteiger partial charge in [0.2, 0.25) is 0 Å². The number of para-hydroxylation sites is 1. The molecule has 114 valence electrons. The second-order valence-electron chi connectivity index (χ2n) is 5.68. The van der Waals surface area contributed by atoms with Crippen molar-refractivity contribution >= 4 is 17.7 Å². The zero-order valence-corrected chi connectivity index (χ0v) is 12.4. The van der Waals surface area contributed by atoms with Gasteiger partial charge in [-0.15, -0.1) is 0 Å². The van der Waals surface area contributed by atoms with Crippen LogP contribution in [-0.2, 0) is 16.0 Å². The molecule has 2 amide bonds. The third-order valence-corrected chi connectivity index (χ3v) is 3.70. The van der Waals surface area contributed by atoms with Crippen molar-refractivity contribution in [1.29, 1.82) is 0 Å². The number of anilines is 1. The number of urea groups is 1. The number of rotatable bonds is 4. The molecule has 0 unspecified atom stereocenters. The fourth-order valence-electron chi connectivity index (χ4n) is 2.28. The van der Waals surface area contributed by atoms with Crippen LogP contribution in [0.15, 0.2) is 24.3 Å². The fraction of sp³-hybridized carbons (Fsp3) is 0.467. The molecule has 1 aliphatic rings. The van der Waals surface area contributed by atoms with E-state index in [2.05, 4.69) is 5.32 Å². The summed E-state index contributed by atoms with van der Waals surface area (Å²) in [6, 6.07) is 5.96. The Balaban J connectivity index is 2.19. The normalized spacial score (nSPS) is 17.5. The average molecular weight is 292 g/mol. The zero-order valence-electron chi connectivity index (χ0n) is 12.4. The molecule has 2 rings (SSSR count). The number of nitrogens with one attached hydrogen (secondary N) is 1. The first-order chi connectivity index (χ1) is 9.85. The van der Waals surface area contributed by atoms with E-state index in [4.69, 9.17) is 4.74 Å². The molecule has 21 heavy (non-hydrogen) atoms. The zero-order chi connectivity index (χ0) is 15.6. The molecular weight excluding hydrogens is 272 g/mol. The van der Waals surface area contributed by atoms with E-state index in [0.717, 1.165) is 5.56 Å². The van der Waals surface area contributed by atoms with Gasteiger partial charge in [-0.1, -0.05) is 18.2 Å². The lowest BCUT2D eigenvalue weighted by Gasteiger charge is -2.27. The maximum Gasteiger partial charge on any atom is 0.327 e. The van der Waals surface area contributed by atoms with E-state index in [1.165, 1.54) is 4.90 Å². The van der Waals surface area contributed by atoms with Crippen LogP contribution in [0.1, 0.15) is 19.4 Å². The molecule has 2 N–H and O–H groups in total. The van der Waals surface area contributed by atoms with E-state index < -0.39 is 23.6 Å². The number of fused-ring (bicyclic) bond motifs is 1. The van der Waals surface area contributed by atoms with Gasteiger partial charge in [-0.25, -0.2) is 9.59 Å². The molecule has 6 heteroatoms. The number of aliphatic carboxylic acids is 1. The van der Waals surface area contributed by atoms with Gasteiger partial charge in [0.05, 0.1) is 5.60 Å². The standard InChI is InChI=1S/C15H20N2O4/c1-15(2,21-3)9-16-14(20)17-11-7-5-4-6-10(11)8-12(17)13(18)19/h4-7,12H,8-9H2,1-3H3,(H,16,20)(H,18,19)/t12-/m0/s1. The summed E-state index contributed by atoms with van der Waals surface area (Å²) in [5.41, 5.74) is 1.01. The first-order valence-corrected chi connectivity index (χ1v) is 6.78. The van der Waals surface area contributed by atoms with Gasteiger partial charge in [0.1, 0.15) is 6.04 Å². The second-order valence-corrected chi connectivity index (χ2v) is 5.68. The summed E-state index contributed by atoms with van der Waals surface area (Å²) < 4.78 is 5.24. The predicted molar refractivity (Wildman–Crippen MR) is 78.5 cm³/mol. The van der Waals surface area contributed by atoms with Crippen LogP contribution in [0.25, 0.3) is 0 Å². The molecular formula is C15H20N2O4. The number of methoxy groups -OCH3 is 1. The summed E-state index contributed by atoms with van der Waals surface area (Å²) in [7, 11) is 1.57. The van der Waals surface area contributed by atoms with Crippen molar-refractivity contribution in [3.63, 3.8) is 0 Å². The average Bonchev–Trinajstić information content (AvgIpc) is 2.84. The Labute approximate surface area is 123 Å². The van der Waals surface area contributed by atoms with E-state index in [1.807, 2.05) is 26.0 Å². The Bertz CT molecular complexity index is 556. The second kappa shape index (κ2) is 5.73.